The van der Waals surface area contributed by atoms with Gasteiger partial charge in [0.25, 0.3) is 0 Å². The first-order valence-corrected chi connectivity index (χ1v) is 7.70. The first-order valence-electron chi connectivity index (χ1n) is 7.70. The molecule has 0 atom stereocenters. The fourth-order valence-electron chi connectivity index (χ4n) is 2.49. The minimum atomic E-state index is 0.864. The van der Waals surface area contributed by atoms with Crippen molar-refractivity contribution in [3.05, 3.63) is 86.0 Å². The number of hydrogen-bond donors (Lipinski definition) is 0. The quantitative estimate of drug-likeness (QED) is 0.537. The lowest BCUT2D eigenvalue weighted by molar-refractivity contribution is 0.310. The lowest BCUT2D eigenvalue weighted by Gasteiger charge is -2.24. The van der Waals surface area contributed by atoms with E-state index in [1.807, 2.05) is 24.3 Å². The van der Waals surface area contributed by atoms with Crippen LogP contribution in [0.1, 0.15) is 11.1 Å². The lowest BCUT2D eigenvalue weighted by Crippen LogP contribution is -2.26. The molecular weight excluding hydrogens is 268 g/mol. The third kappa shape index (κ3) is 6.25. The van der Waals surface area contributed by atoms with Crippen LogP contribution in [0.15, 0.2) is 74.9 Å². The summed E-state index contributed by atoms with van der Waals surface area (Å²) in [6.07, 6.45) is 7.75. The van der Waals surface area contributed by atoms with Crippen molar-refractivity contribution in [1.29, 1.82) is 0 Å². The SMILES string of the molecule is C=CCN(CC=C)Cc1ccccc1CN(CC=C)CC=C. The predicted molar refractivity (Wildman–Crippen MR) is 97.8 cm³/mol. The normalized spacial score (nSPS) is 10.6. The Morgan fingerprint density at radius 2 is 0.955 bits per heavy atom. The average Bonchev–Trinajstić information content (AvgIpc) is 2.50. The van der Waals surface area contributed by atoms with E-state index in [0.29, 0.717) is 0 Å². The van der Waals surface area contributed by atoms with E-state index in [-0.39, 0.29) is 0 Å². The van der Waals surface area contributed by atoms with E-state index < -0.39 is 0 Å². The van der Waals surface area contributed by atoms with Crippen molar-refractivity contribution in [2.45, 2.75) is 13.1 Å². The Hall–Kier alpha value is -1.90. The highest BCUT2D eigenvalue weighted by atomic mass is 15.1. The first-order chi connectivity index (χ1) is 10.7. The van der Waals surface area contributed by atoms with Gasteiger partial charge in [-0.2, -0.15) is 0 Å². The van der Waals surface area contributed by atoms with Gasteiger partial charge in [0.15, 0.2) is 0 Å². The first kappa shape index (κ1) is 18.1. The van der Waals surface area contributed by atoms with Gasteiger partial charge < -0.3 is 0 Å². The van der Waals surface area contributed by atoms with Gasteiger partial charge in [-0.05, 0) is 11.1 Å². The van der Waals surface area contributed by atoms with Crippen LogP contribution in [-0.4, -0.2) is 36.0 Å². The number of hydrogen-bond acceptors (Lipinski definition) is 2. The van der Waals surface area contributed by atoms with Crippen molar-refractivity contribution in [1.82, 2.24) is 9.80 Å². The third-order valence-corrected chi connectivity index (χ3v) is 3.46. The second-order valence-corrected chi connectivity index (χ2v) is 5.31. The molecule has 0 heterocycles. The fraction of sp³-hybridized carbons (Fsp3) is 0.300. The minimum Gasteiger partial charge on any atom is -0.292 e. The molecule has 2 heteroatoms. The summed E-state index contributed by atoms with van der Waals surface area (Å²) in [6, 6.07) is 8.61. The summed E-state index contributed by atoms with van der Waals surface area (Å²) in [5, 5.41) is 0. The summed E-state index contributed by atoms with van der Waals surface area (Å²) < 4.78 is 0. The molecule has 0 radical (unpaired) electrons. The lowest BCUT2D eigenvalue weighted by atomic mass is 10.1. The Morgan fingerprint density at radius 1 is 0.636 bits per heavy atom. The predicted octanol–water partition coefficient (Wildman–Crippen LogP) is 4.03. The maximum Gasteiger partial charge on any atom is 0.0243 e. The zero-order valence-corrected chi connectivity index (χ0v) is 13.6. The maximum atomic E-state index is 3.84. The summed E-state index contributed by atoms with van der Waals surface area (Å²) in [5.41, 5.74) is 2.70. The summed E-state index contributed by atoms with van der Waals surface area (Å²) in [4.78, 5) is 4.65. The van der Waals surface area contributed by atoms with Crippen molar-refractivity contribution in [3.63, 3.8) is 0 Å². The number of rotatable bonds is 12. The van der Waals surface area contributed by atoms with Gasteiger partial charge in [0.1, 0.15) is 0 Å². The van der Waals surface area contributed by atoms with Crippen LogP contribution in [0.3, 0.4) is 0 Å². The van der Waals surface area contributed by atoms with Crippen LogP contribution in [-0.2, 0) is 13.1 Å². The Kier molecular flexibility index (Phi) is 8.89. The molecule has 0 aromatic heterocycles. The molecule has 0 spiro atoms. The van der Waals surface area contributed by atoms with Gasteiger partial charge in [-0.1, -0.05) is 48.6 Å². The molecule has 0 aliphatic rings. The number of benzene rings is 1. The summed E-state index contributed by atoms with van der Waals surface area (Å²) in [7, 11) is 0. The van der Waals surface area contributed by atoms with E-state index in [4.69, 9.17) is 0 Å². The molecule has 118 valence electrons. The minimum absolute atomic E-state index is 0.864. The summed E-state index contributed by atoms with van der Waals surface area (Å²) >= 11 is 0. The van der Waals surface area contributed by atoms with Gasteiger partial charge in [0.2, 0.25) is 0 Å². The second kappa shape index (κ2) is 10.8. The van der Waals surface area contributed by atoms with Crippen LogP contribution >= 0.6 is 0 Å². The van der Waals surface area contributed by atoms with E-state index in [0.717, 1.165) is 39.3 Å². The van der Waals surface area contributed by atoms with Crippen molar-refractivity contribution in [2.24, 2.45) is 0 Å². The molecule has 0 saturated heterocycles. The van der Waals surface area contributed by atoms with Crippen LogP contribution in [0.4, 0.5) is 0 Å². The Balaban J connectivity index is 2.86. The maximum absolute atomic E-state index is 3.84. The molecule has 1 aromatic carbocycles. The molecule has 2 nitrogen and oxygen atoms in total. The van der Waals surface area contributed by atoms with E-state index in [9.17, 15) is 0 Å². The molecule has 0 N–H and O–H groups in total. The topological polar surface area (TPSA) is 6.48 Å². The van der Waals surface area contributed by atoms with Crippen LogP contribution in [0.5, 0.6) is 0 Å². The largest absolute Gasteiger partial charge is 0.292 e. The van der Waals surface area contributed by atoms with Crippen molar-refractivity contribution in [2.75, 3.05) is 26.2 Å². The molecule has 1 rings (SSSR count). The van der Waals surface area contributed by atoms with Gasteiger partial charge in [0, 0.05) is 39.3 Å². The van der Waals surface area contributed by atoms with Crippen molar-refractivity contribution < 1.29 is 0 Å². The van der Waals surface area contributed by atoms with Crippen LogP contribution in [0.2, 0.25) is 0 Å². The molecule has 0 bridgehead atoms. The van der Waals surface area contributed by atoms with Gasteiger partial charge in [-0.25, -0.2) is 0 Å². The molecule has 22 heavy (non-hydrogen) atoms. The zero-order valence-electron chi connectivity index (χ0n) is 13.6. The molecule has 0 amide bonds. The number of nitrogens with zero attached hydrogens (tertiary/aromatic N) is 2. The highest BCUT2D eigenvalue weighted by Gasteiger charge is 2.09. The monoisotopic (exact) mass is 296 g/mol. The molecular formula is C20H28N2. The smallest absolute Gasteiger partial charge is 0.0243 e. The Morgan fingerprint density at radius 3 is 1.23 bits per heavy atom. The third-order valence-electron chi connectivity index (χ3n) is 3.46. The summed E-state index contributed by atoms with van der Waals surface area (Å²) in [5.74, 6) is 0. The highest BCUT2D eigenvalue weighted by Crippen LogP contribution is 2.14. The van der Waals surface area contributed by atoms with Gasteiger partial charge >= 0.3 is 0 Å². The zero-order chi connectivity index (χ0) is 16.2. The molecule has 0 saturated carbocycles. The van der Waals surface area contributed by atoms with E-state index >= 15 is 0 Å². The van der Waals surface area contributed by atoms with Gasteiger partial charge in [-0.15, -0.1) is 26.3 Å². The molecule has 0 aliphatic heterocycles. The van der Waals surface area contributed by atoms with E-state index in [1.54, 1.807) is 0 Å². The van der Waals surface area contributed by atoms with Crippen LogP contribution in [0, 0.1) is 0 Å². The van der Waals surface area contributed by atoms with Gasteiger partial charge in [0.05, 0.1) is 0 Å². The fourth-order valence-corrected chi connectivity index (χ4v) is 2.49. The highest BCUT2D eigenvalue weighted by molar-refractivity contribution is 5.27. The van der Waals surface area contributed by atoms with E-state index in [1.165, 1.54) is 11.1 Å². The molecule has 0 aliphatic carbocycles. The van der Waals surface area contributed by atoms with Gasteiger partial charge in [-0.3, -0.25) is 9.80 Å². The molecule has 0 unspecified atom stereocenters. The Bertz CT molecular complexity index is 425. The molecule has 0 fully saturated rings. The van der Waals surface area contributed by atoms with Crippen LogP contribution in [0.25, 0.3) is 0 Å². The van der Waals surface area contributed by atoms with Crippen molar-refractivity contribution >= 4 is 0 Å². The standard InChI is InChI=1S/C20H28N2/c1-5-13-21(14-6-2)17-19-11-9-10-12-20(19)18-22(15-7-3)16-8-4/h5-12H,1-4,13-18H2. The molecule has 1 aromatic rings. The van der Waals surface area contributed by atoms with E-state index in [2.05, 4.69) is 60.4 Å². The average molecular weight is 296 g/mol. The summed E-state index contributed by atoms with van der Waals surface area (Å²) in [6.45, 7) is 20.6. The Labute approximate surface area is 135 Å². The second-order valence-electron chi connectivity index (χ2n) is 5.31. The van der Waals surface area contributed by atoms with Crippen molar-refractivity contribution in [3.8, 4) is 0 Å². The van der Waals surface area contributed by atoms with Crippen LogP contribution < -0.4 is 0 Å².